The summed E-state index contributed by atoms with van der Waals surface area (Å²) >= 11 is 0. The third-order valence-corrected chi connectivity index (χ3v) is 4.05. The van der Waals surface area contributed by atoms with E-state index in [0.717, 1.165) is 25.7 Å². The Bertz CT molecular complexity index is 534. The van der Waals surface area contributed by atoms with Crippen molar-refractivity contribution in [1.82, 2.24) is 15.1 Å². The van der Waals surface area contributed by atoms with Crippen LogP contribution in [0.4, 0.5) is 0 Å². The van der Waals surface area contributed by atoms with Crippen LogP contribution in [0.15, 0.2) is 16.9 Å². The molecule has 0 saturated heterocycles. The molecule has 0 unspecified atom stereocenters. The van der Waals surface area contributed by atoms with Crippen molar-refractivity contribution in [2.45, 2.75) is 57.5 Å². The molecule has 1 aromatic heterocycles. The smallest absolute Gasteiger partial charge is 0.271 e. The molecule has 0 atom stereocenters. The van der Waals surface area contributed by atoms with E-state index in [1.165, 1.54) is 36.1 Å². The largest absolute Gasteiger partial charge is 0.383 e. The molecule has 1 saturated carbocycles. The number of nitrogens with zero attached hydrogens (tertiary/aromatic N) is 2. The molecule has 1 aliphatic rings. The van der Waals surface area contributed by atoms with Gasteiger partial charge in [0, 0.05) is 19.2 Å². The van der Waals surface area contributed by atoms with Crippen LogP contribution in [-0.2, 0) is 11.3 Å². The Balaban J connectivity index is 2.00. The predicted molar refractivity (Wildman–Crippen MR) is 83.9 cm³/mol. The lowest BCUT2D eigenvalue weighted by atomic mass is 9.96. The fourth-order valence-corrected chi connectivity index (χ4v) is 2.77. The van der Waals surface area contributed by atoms with Gasteiger partial charge in [0.05, 0.1) is 13.2 Å². The second kappa shape index (κ2) is 8.68. The fraction of sp³-hybridized carbons (Fsp3) is 0.688. The molecule has 6 nitrogen and oxygen atoms in total. The zero-order valence-corrected chi connectivity index (χ0v) is 13.2. The van der Waals surface area contributed by atoms with Gasteiger partial charge in [0.15, 0.2) is 0 Å². The van der Waals surface area contributed by atoms with Crippen molar-refractivity contribution in [3.63, 3.8) is 0 Å². The van der Waals surface area contributed by atoms with Gasteiger partial charge in [-0.3, -0.25) is 9.59 Å². The maximum Gasteiger partial charge on any atom is 0.271 e. The first-order chi connectivity index (χ1) is 10.7. The van der Waals surface area contributed by atoms with Crippen LogP contribution in [0.1, 0.15) is 55.4 Å². The summed E-state index contributed by atoms with van der Waals surface area (Å²) < 4.78 is 6.22. The van der Waals surface area contributed by atoms with E-state index in [0.29, 0.717) is 13.2 Å². The molecule has 0 radical (unpaired) electrons. The van der Waals surface area contributed by atoms with Gasteiger partial charge in [-0.15, -0.1) is 0 Å². The molecule has 0 aromatic carbocycles. The Labute approximate surface area is 130 Å². The summed E-state index contributed by atoms with van der Waals surface area (Å²) in [6.45, 7) is 0.737. The summed E-state index contributed by atoms with van der Waals surface area (Å²) in [7, 11) is 1.57. The lowest BCUT2D eigenvalue weighted by molar-refractivity contribution is 0.0921. The van der Waals surface area contributed by atoms with Gasteiger partial charge < -0.3 is 10.1 Å². The molecule has 0 bridgehead atoms. The Hall–Kier alpha value is -1.69. The molecule has 22 heavy (non-hydrogen) atoms. The van der Waals surface area contributed by atoms with E-state index in [4.69, 9.17) is 4.74 Å². The lowest BCUT2D eigenvalue weighted by Crippen LogP contribution is -2.37. The third kappa shape index (κ3) is 4.94. The second-order valence-corrected chi connectivity index (χ2v) is 5.79. The van der Waals surface area contributed by atoms with Crippen LogP contribution in [-0.4, -0.2) is 35.4 Å². The van der Waals surface area contributed by atoms with E-state index >= 15 is 0 Å². The second-order valence-electron chi connectivity index (χ2n) is 5.79. The van der Waals surface area contributed by atoms with Crippen LogP contribution in [0.25, 0.3) is 0 Å². The number of nitrogens with one attached hydrogen (secondary N) is 1. The zero-order valence-electron chi connectivity index (χ0n) is 13.2. The topological polar surface area (TPSA) is 73.2 Å². The predicted octanol–water partition coefficient (Wildman–Crippen LogP) is 1.73. The highest BCUT2D eigenvalue weighted by Crippen LogP contribution is 2.17. The molecule has 122 valence electrons. The maximum atomic E-state index is 12.3. The summed E-state index contributed by atoms with van der Waals surface area (Å²) in [5.41, 5.74) is 0.0670. The standard InChI is InChI=1S/C16H25N3O3/c1-22-12-11-19-15(20)10-9-14(18-19)16(21)17-13-7-5-3-2-4-6-8-13/h9-10,13H,2-8,11-12H2,1H3,(H,17,21). The van der Waals surface area contributed by atoms with Crippen molar-refractivity contribution in [3.8, 4) is 0 Å². The number of ether oxygens (including phenoxy) is 1. The number of aromatic nitrogens is 2. The summed E-state index contributed by atoms with van der Waals surface area (Å²) in [4.78, 5) is 24.0. The SMILES string of the molecule is COCCn1nc(C(=O)NC2CCCCCCC2)ccc1=O. The van der Waals surface area contributed by atoms with Gasteiger partial charge in [-0.05, 0) is 18.9 Å². The molecule has 2 rings (SSSR count). The van der Waals surface area contributed by atoms with Crippen LogP contribution < -0.4 is 10.9 Å². The number of hydrogen-bond acceptors (Lipinski definition) is 4. The van der Waals surface area contributed by atoms with Gasteiger partial charge in [0.25, 0.3) is 11.5 Å². The number of amides is 1. The molecule has 1 heterocycles. The average Bonchev–Trinajstić information content (AvgIpc) is 2.49. The Morgan fingerprint density at radius 2 is 1.95 bits per heavy atom. The molecule has 1 aromatic rings. The van der Waals surface area contributed by atoms with Gasteiger partial charge in [-0.1, -0.05) is 32.1 Å². The van der Waals surface area contributed by atoms with E-state index in [-0.39, 0.29) is 23.2 Å². The first-order valence-corrected chi connectivity index (χ1v) is 8.08. The highest BCUT2D eigenvalue weighted by Gasteiger charge is 2.16. The summed E-state index contributed by atoms with van der Waals surface area (Å²) in [5, 5.41) is 7.19. The van der Waals surface area contributed by atoms with E-state index in [1.807, 2.05) is 0 Å². The number of carbonyl (C=O) groups is 1. The minimum atomic E-state index is -0.223. The molecule has 0 spiro atoms. The van der Waals surface area contributed by atoms with Crippen LogP contribution >= 0.6 is 0 Å². The first-order valence-electron chi connectivity index (χ1n) is 8.08. The average molecular weight is 307 g/mol. The Morgan fingerprint density at radius 3 is 2.64 bits per heavy atom. The minimum Gasteiger partial charge on any atom is -0.383 e. The fourth-order valence-electron chi connectivity index (χ4n) is 2.77. The molecular weight excluding hydrogens is 282 g/mol. The normalized spacial score (nSPS) is 16.8. The van der Waals surface area contributed by atoms with Crippen molar-refractivity contribution in [2.24, 2.45) is 0 Å². The number of methoxy groups -OCH3 is 1. The molecule has 1 N–H and O–H groups in total. The van der Waals surface area contributed by atoms with Crippen LogP contribution in [0, 0.1) is 0 Å². The van der Waals surface area contributed by atoms with Crippen LogP contribution in [0.3, 0.4) is 0 Å². The van der Waals surface area contributed by atoms with Crippen molar-refractivity contribution < 1.29 is 9.53 Å². The maximum absolute atomic E-state index is 12.3. The zero-order chi connectivity index (χ0) is 15.8. The summed E-state index contributed by atoms with van der Waals surface area (Å²) in [6.07, 6.45) is 8.15. The Morgan fingerprint density at radius 1 is 1.27 bits per heavy atom. The highest BCUT2D eigenvalue weighted by atomic mass is 16.5. The number of carbonyl (C=O) groups excluding carboxylic acids is 1. The minimum absolute atomic E-state index is 0.197. The van der Waals surface area contributed by atoms with Gasteiger partial charge in [0.1, 0.15) is 5.69 Å². The van der Waals surface area contributed by atoms with Crippen LogP contribution in [0.5, 0.6) is 0 Å². The molecule has 6 heteroatoms. The summed E-state index contributed by atoms with van der Waals surface area (Å²) in [6, 6.07) is 3.09. The lowest BCUT2D eigenvalue weighted by Gasteiger charge is -2.20. The monoisotopic (exact) mass is 307 g/mol. The van der Waals surface area contributed by atoms with Gasteiger partial charge in [-0.2, -0.15) is 5.10 Å². The van der Waals surface area contributed by atoms with E-state index in [2.05, 4.69) is 10.4 Å². The highest BCUT2D eigenvalue weighted by molar-refractivity contribution is 5.92. The number of rotatable bonds is 5. The van der Waals surface area contributed by atoms with Crippen molar-refractivity contribution >= 4 is 5.91 Å². The third-order valence-electron chi connectivity index (χ3n) is 4.05. The van der Waals surface area contributed by atoms with Gasteiger partial charge in [0.2, 0.25) is 0 Å². The van der Waals surface area contributed by atoms with Crippen molar-refractivity contribution in [3.05, 3.63) is 28.2 Å². The molecule has 1 aliphatic carbocycles. The van der Waals surface area contributed by atoms with Gasteiger partial charge >= 0.3 is 0 Å². The first kappa shape index (κ1) is 16.7. The quantitative estimate of drug-likeness (QED) is 0.899. The Kier molecular flexibility index (Phi) is 6.58. The summed E-state index contributed by atoms with van der Waals surface area (Å²) in [5.74, 6) is -0.197. The van der Waals surface area contributed by atoms with E-state index in [1.54, 1.807) is 7.11 Å². The van der Waals surface area contributed by atoms with E-state index in [9.17, 15) is 9.59 Å². The van der Waals surface area contributed by atoms with Crippen molar-refractivity contribution in [2.75, 3.05) is 13.7 Å². The molecule has 0 aliphatic heterocycles. The van der Waals surface area contributed by atoms with E-state index < -0.39 is 0 Å². The molecule has 1 fully saturated rings. The van der Waals surface area contributed by atoms with Crippen molar-refractivity contribution in [1.29, 1.82) is 0 Å². The van der Waals surface area contributed by atoms with Gasteiger partial charge in [-0.25, -0.2) is 4.68 Å². The molecular formula is C16H25N3O3. The number of hydrogen-bond donors (Lipinski definition) is 1. The van der Waals surface area contributed by atoms with Crippen LogP contribution in [0.2, 0.25) is 0 Å². The molecule has 1 amide bonds.